The van der Waals surface area contributed by atoms with Gasteiger partial charge in [-0.05, 0) is 44.2 Å². The Labute approximate surface area is 142 Å². The molecule has 2 rings (SSSR count). The summed E-state index contributed by atoms with van der Waals surface area (Å²) in [7, 11) is 0. The van der Waals surface area contributed by atoms with Gasteiger partial charge in [-0.2, -0.15) is 13.2 Å². The van der Waals surface area contributed by atoms with Crippen molar-refractivity contribution in [3.63, 3.8) is 0 Å². The van der Waals surface area contributed by atoms with Crippen LogP contribution in [-0.2, 0) is 6.18 Å². The Balaban J connectivity index is 2.21. The van der Waals surface area contributed by atoms with Gasteiger partial charge in [0, 0.05) is 11.1 Å². The van der Waals surface area contributed by atoms with E-state index < -0.39 is 17.6 Å². The van der Waals surface area contributed by atoms with Crippen LogP contribution in [0.4, 0.5) is 24.5 Å². The fourth-order valence-corrected chi connectivity index (χ4v) is 2.17. The van der Waals surface area contributed by atoms with Gasteiger partial charge >= 0.3 is 6.18 Å². The Morgan fingerprint density at radius 3 is 2.46 bits per heavy atom. The van der Waals surface area contributed by atoms with E-state index in [0.29, 0.717) is 5.69 Å². The van der Waals surface area contributed by atoms with Gasteiger partial charge in [0.05, 0.1) is 23.1 Å². The number of pyridine rings is 1. The normalized spacial score (nSPS) is 11.5. The van der Waals surface area contributed by atoms with Crippen LogP contribution in [0.25, 0.3) is 0 Å². The van der Waals surface area contributed by atoms with Crippen molar-refractivity contribution in [1.29, 1.82) is 0 Å². The Hall–Kier alpha value is -2.28. The Kier molecular flexibility index (Phi) is 5.33. The average Bonchev–Trinajstić information content (AvgIpc) is 2.48. The zero-order valence-corrected chi connectivity index (χ0v) is 13.7. The number of hydrogen-bond acceptors (Lipinski definition) is 3. The van der Waals surface area contributed by atoms with Gasteiger partial charge in [-0.3, -0.25) is 4.79 Å². The van der Waals surface area contributed by atoms with Crippen LogP contribution < -0.4 is 10.6 Å². The van der Waals surface area contributed by atoms with Gasteiger partial charge in [-0.15, -0.1) is 0 Å². The summed E-state index contributed by atoms with van der Waals surface area (Å²) in [6.07, 6.45) is -3.19. The molecule has 0 saturated carbocycles. The summed E-state index contributed by atoms with van der Waals surface area (Å²) in [6.45, 7) is 3.89. The topological polar surface area (TPSA) is 54.0 Å². The first-order valence-corrected chi connectivity index (χ1v) is 7.45. The van der Waals surface area contributed by atoms with Crippen molar-refractivity contribution in [2.24, 2.45) is 0 Å². The summed E-state index contributed by atoms with van der Waals surface area (Å²) >= 11 is 5.60. The van der Waals surface area contributed by atoms with Crippen molar-refractivity contribution in [2.75, 3.05) is 10.6 Å². The summed E-state index contributed by atoms with van der Waals surface area (Å²) in [6, 6.07) is 6.40. The molecule has 0 atom stereocenters. The smallest absolute Gasteiger partial charge is 0.382 e. The Morgan fingerprint density at radius 2 is 1.92 bits per heavy atom. The van der Waals surface area contributed by atoms with Crippen LogP contribution in [0.1, 0.15) is 29.9 Å². The first-order chi connectivity index (χ1) is 11.2. The molecule has 4 nitrogen and oxygen atoms in total. The van der Waals surface area contributed by atoms with E-state index in [1.807, 2.05) is 13.8 Å². The van der Waals surface area contributed by atoms with Crippen molar-refractivity contribution < 1.29 is 18.0 Å². The Morgan fingerprint density at radius 1 is 1.21 bits per heavy atom. The lowest BCUT2D eigenvalue weighted by Crippen LogP contribution is -2.18. The molecule has 0 aliphatic rings. The molecule has 1 aromatic carbocycles. The minimum Gasteiger partial charge on any atom is -0.382 e. The second kappa shape index (κ2) is 7.09. The Bertz CT molecular complexity index is 730. The molecule has 2 aromatic rings. The van der Waals surface area contributed by atoms with Crippen LogP contribution in [0.3, 0.4) is 0 Å². The molecule has 1 aromatic heterocycles. The number of benzene rings is 1. The van der Waals surface area contributed by atoms with Crippen molar-refractivity contribution in [3.05, 3.63) is 52.8 Å². The number of carbonyl (C=O) groups excluding carboxylic acids is 1. The molecule has 0 unspecified atom stereocenters. The molecule has 128 valence electrons. The maximum atomic E-state index is 13.0. The highest BCUT2D eigenvalue weighted by Gasteiger charge is 2.34. The summed E-state index contributed by atoms with van der Waals surface area (Å²) in [5.74, 6) is -0.737. The molecular weight excluding hydrogens is 343 g/mol. The van der Waals surface area contributed by atoms with Crippen molar-refractivity contribution in [3.8, 4) is 0 Å². The molecule has 0 radical (unpaired) electrons. The second-order valence-electron chi connectivity index (χ2n) is 5.37. The van der Waals surface area contributed by atoms with E-state index in [-0.39, 0.29) is 22.4 Å². The van der Waals surface area contributed by atoms with Gasteiger partial charge in [0.1, 0.15) is 5.69 Å². The number of aromatic nitrogens is 1. The van der Waals surface area contributed by atoms with Gasteiger partial charge < -0.3 is 10.6 Å². The van der Waals surface area contributed by atoms with Crippen LogP contribution in [0.15, 0.2) is 36.5 Å². The molecule has 0 fully saturated rings. The molecule has 0 bridgehead atoms. The maximum absolute atomic E-state index is 13.0. The maximum Gasteiger partial charge on any atom is 0.418 e. The minimum atomic E-state index is -4.63. The van der Waals surface area contributed by atoms with Crippen LogP contribution in [0, 0.1) is 0 Å². The molecule has 8 heteroatoms. The minimum absolute atomic E-state index is 0.00683. The van der Waals surface area contributed by atoms with Gasteiger partial charge in [-0.25, -0.2) is 4.98 Å². The number of nitrogens with one attached hydrogen (secondary N) is 2. The monoisotopic (exact) mass is 357 g/mol. The van der Waals surface area contributed by atoms with Crippen LogP contribution in [-0.4, -0.2) is 16.9 Å². The lowest BCUT2D eigenvalue weighted by Gasteiger charge is -2.14. The largest absolute Gasteiger partial charge is 0.418 e. The number of nitrogens with zero attached hydrogens (tertiary/aromatic N) is 1. The lowest BCUT2D eigenvalue weighted by molar-refractivity contribution is -0.136. The van der Waals surface area contributed by atoms with Gasteiger partial charge in [0.15, 0.2) is 0 Å². The molecule has 2 N–H and O–H groups in total. The van der Waals surface area contributed by atoms with Crippen molar-refractivity contribution >= 4 is 28.9 Å². The molecule has 24 heavy (non-hydrogen) atoms. The van der Waals surface area contributed by atoms with E-state index in [9.17, 15) is 18.0 Å². The predicted octanol–water partition coefficient (Wildman–Crippen LogP) is 4.83. The summed E-state index contributed by atoms with van der Waals surface area (Å²) in [4.78, 5) is 16.1. The molecular formula is C16H15ClF3N3O. The van der Waals surface area contributed by atoms with E-state index in [4.69, 9.17) is 11.6 Å². The summed E-state index contributed by atoms with van der Waals surface area (Å²) in [5, 5.41) is 5.25. The average molecular weight is 358 g/mol. The number of anilines is 2. The molecule has 0 spiro atoms. The van der Waals surface area contributed by atoms with Crippen molar-refractivity contribution in [1.82, 2.24) is 4.98 Å². The highest BCUT2D eigenvalue weighted by atomic mass is 35.5. The van der Waals surface area contributed by atoms with Crippen molar-refractivity contribution in [2.45, 2.75) is 26.1 Å². The van der Waals surface area contributed by atoms with Gasteiger partial charge in [-0.1, -0.05) is 11.6 Å². The standard InChI is InChI=1S/C16H15ClF3N3O/c1-9(2)22-11-4-6-14(21-8-11)15(24)23-13-5-3-10(17)7-12(13)16(18,19)20/h3-9,22H,1-2H3,(H,23,24). The van der Waals surface area contributed by atoms with Crippen LogP contribution in [0.2, 0.25) is 5.02 Å². The predicted molar refractivity (Wildman–Crippen MR) is 87.4 cm³/mol. The first-order valence-electron chi connectivity index (χ1n) is 7.07. The van der Waals surface area contributed by atoms with Gasteiger partial charge in [0.25, 0.3) is 5.91 Å². The quantitative estimate of drug-likeness (QED) is 0.824. The van der Waals surface area contributed by atoms with E-state index in [2.05, 4.69) is 15.6 Å². The highest BCUT2D eigenvalue weighted by Crippen LogP contribution is 2.36. The van der Waals surface area contributed by atoms with Crippen LogP contribution >= 0.6 is 11.6 Å². The summed E-state index contributed by atoms with van der Waals surface area (Å²) < 4.78 is 39.1. The van der Waals surface area contributed by atoms with E-state index >= 15 is 0 Å². The number of amides is 1. The third-order valence-corrected chi connectivity index (χ3v) is 3.22. The number of hydrogen-bond donors (Lipinski definition) is 2. The SMILES string of the molecule is CC(C)Nc1ccc(C(=O)Nc2ccc(Cl)cc2C(F)(F)F)nc1. The molecule has 1 amide bonds. The molecule has 0 aliphatic heterocycles. The third kappa shape index (κ3) is 4.61. The van der Waals surface area contributed by atoms with E-state index in [1.54, 1.807) is 6.07 Å². The zero-order valence-electron chi connectivity index (χ0n) is 12.9. The fourth-order valence-electron chi connectivity index (χ4n) is 1.99. The fraction of sp³-hybridized carbons (Fsp3) is 0.250. The van der Waals surface area contributed by atoms with Gasteiger partial charge in [0.2, 0.25) is 0 Å². The zero-order chi connectivity index (χ0) is 17.9. The van der Waals surface area contributed by atoms with Crippen LogP contribution in [0.5, 0.6) is 0 Å². The first kappa shape index (κ1) is 18.1. The summed E-state index contributed by atoms with van der Waals surface area (Å²) in [5.41, 5.74) is -0.666. The number of rotatable bonds is 4. The second-order valence-corrected chi connectivity index (χ2v) is 5.81. The molecule has 0 aliphatic carbocycles. The lowest BCUT2D eigenvalue weighted by atomic mass is 10.1. The van der Waals surface area contributed by atoms with E-state index in [1.165, 1.54) is 18.3 Å². The number of alkyl halides is 3. The molecule has 1 heterocycles. The number of halogens is 4. The third-order valence-electron chi connectivity index (χ3n) is 2.99. The number of carbonyl (C=O) groups is 1. The highest BCUT2D eigenvalue weighted by molar-refractivity contribution is 6.30. The van der Waals surface area contributed by atoms with E-state index in [0.717, 1.165) is 12.1 Å². The molecule has 0 saturated heterocycles.